The zero-order valence-corrected chi connectivity index (χ0v) is 9.93. The van der Waals surface area contributed by atoms with Crippen LogP contribution in [0.5, 0.6) is 5.75 Å². The lowest BCUT2D eigenvalue weighted by atomic mass is 10.0. The first-order chi connectivity index (χ1) is 8.36. The van der Waals surface area contributed by atoms with Crippen molar-refractivity contribution in [3.05, 3.63) is 48.3 Å². The van der Waals surface area contributed by atoms with Crippen LogP contribution in [0.4, 0.5) is 0 Å². The van der Waals surface area contributed by atoms with Crippen molar-refractivity contribution in [3.63, 3.8) is 0 Å². The number of nitrogens with zero attached hydrogens (tertiary/aromatic N) is 1. The summed E-state index contributed by atoms with van der Waals surface area (Å²) < 4.78 is 10.5. The third-order valence-corrected chi connectivity index (χ3v) is 2.51. The van der Waals surface area contributed by atoms with Crippen LogP contribution in [0.3, 0.4) is 0 Å². The first kappa shape index (κ1) is 11.6. The van der Waals surface area contributed by atoms with Crippen molar-refractivity contribution in [3.8, 4) is 16.9 Å². The molecule has 3 nitrogen and oxygen atoms in total. The van der Waals surface area contributed by atoms with E-state index in [4.69, 9.17) is 9.47 Å². The van der Waals surface area contributed by atoms with Crippen LogP contribution in [0.25, 0.3) is 11.1 Å². The van der Waals surface area contributed by atoms with Crippen molar-refractivity contribution < 1.29 is 9.47 Å². The lowest BCUT2D eigenvalue weighted by Gasteiger charge is -2.11. The maximum absolute atomic E-state index is 5.33. The molecule has 1 radical (unpaired) electrons. The van der Waals surface area contributed by atoms with E-state index in [1.165, 1.54) is 0 Å². The Balaban J connectivity index is 2.52. The highest BCUT2D eigenvalue weighted by Crippen LogP contribution is 2.31. The van der Waals surface area contributed by atoms with Crippen LogP contribution in [0.2, 0.25) is 0 Å². The zero-order valence-electron chi connectivity index (χ0n) is 9.93. The van der Waals surface area contributed by atoms with Gasteiger partial charge in [-0.05, 0) is 17.7 Å². The normalized spacial score (nSPS) is 10.2. The van der Waals surface area contributed by atoms with Gasteiger partial charge in [-0.25, -0.2) is 0 Å². The Kier molecular flexibility index (Phi) is 3.73. The summed E-state index contributed by atoms with van der Waals surface area (Å²) in [6, 6.07) is 10.9. The molecule has 3 heteroatoms. The van der Waals surface area contributed by atoms with Gasteiger partial charge < -0.3 is 9.47 Å². The van der Waals surface area contributed by atoms with Crippen molar-refractivity contribution in [1.29, 1.82) is 0 Å². The van der Waals surface area contributed by atoms with Crippen molar-refractivity contribution in [2.24, 2.45) is 0 Å². The molecule has 0 N–H and O–H groups in total. The standard InChI is InChI=1S/C14H14NO2/c1-16-10-11-5-3-4-6-12(11)13-9-15-8-7-14(13)17-2/h3-5,7-9H,10H2,1-2H3. The van der Waals surface area contributed by atoms with Gasteiger partial charge in [-0.15, -0.1) is 0 Å². The highest BCUT2D eigenvalue weighted by molar-refractivity contribution is 5.71. The summed E-state index contributed by atoms with van der Waals surface area (Å²) in [4.78, 5) is 4.13. The monoisotopic (exact) mass is 228 g/mol. The van der Waals surface area contributed by atoms with Crippen LogP contribution in [0.15, 0.2) is 36.7 Å². The van der Waals surface area contributed by atoms with Crippen molar-refractivity contribution in [1.82, 2.24) is 4.98 Å². The van der Waals surface area contributed by atoms with Crippen molar-refractivity contribution >= 4 is 0 Å². The molecule has 0 unspecified atom stereocenters. The largest absolute Gasteiger partial charge is 0.496 e. The number of methoxy groups -OCH3 is 2. The summed E-state index contributed by atoms with van der Waals surface area (Å²) in [6.45, 7) is 0.546. The Morgan fingerprint density at radius 1 is 1.29 bits per heavy atom. The quantitative estimate of drug-likeness (QED) is 0.806. The first-order valence-corrected chi connectivity index (χ1v) is 5.33. The molecule has 1 heterocycles. The van der Waals surface area contributed by atoms with Crippen LogP contribution in [-0.2, 0) is 11.3 Å². The second-order valence-electron chi connectivity index (χ2n) is 3.58. The molecule has 0 bridgehead atoms. The van der Waals surface area contributed by atoms with E-state index in [0.29, 0.717) is 6.61 Å². The summed E-state index contributed by atoms with van der Waals surface area (Å²) in [5.41, 5.74) is 2.98. The number of hydrogen-bond acceptors (Lipinski definition) is 3. The van der Waals surface area contributed by atoms with E-state index in [-0.39, 0.29) is 0 Å². The van der Waals surface area contributed by atoms with Crippen molar-refractivity contribution in [2.45, 2.75) is 6.61 Å². The summed E-state index contributed by atoms with van der Waals surface area (Å²) in [6.07, 6.45) is 3.49. The number of benzene rings is 1. The maximum Gasteiger partial charge on any atom is 0.129 e. The van der Waals surface area contributed by atoms with E-state index in [0.717, 1.165) is 22.4 Å². The van der Waals surface area contributed by atoms with E-state index in [2.05, 4.69) is 11.1 Å². The molecule has 0 aliphatic carbocycles. The minimum Gasteiger partial charge on any atom is -0.496 e. The highest BCUT2D eigenvalue weighted by atomic mass is 16.5. The molecule has 0 saturated heterocycles. The van der Waals surface area contributed by atoms with E-state index in [1.807, 2.05) is 24.3 Å². The second kappa shape index (κ2) is 5.46. The number of pyridine rings is 1. The summed E-state index contributed by atoms with van der Waals surface area (Å²) in [5.74, 6) is 0.791. The van der Waals surface area contributed by atoms with Crippen LogP contribution < -0.4 is 4.74 Å². The Bertz CT molecular complexity index is 497. The number of aromatic nitrogens is 1. The van der Waals surface area contributed by atoms with Crippen LogP contribution in [0.1, 0.15) is 5.56 Å². The third-order valence-electron chi connectivity index (χ3n) is 2.51. The van der Waals surface area contributed by atoms with E-state index < -0.39 is 0 Å². The van der Waals surface area contributed by atoms with Crippen LogP contribution in [0, 0.1) is 6.07 Å². The third kappa shape index (κ3) is 2.45. The van der Waals surface area contributed by atoms with Gasteiger partial charge in [0.15, 0.2) is 0 Å². The lowest BCUT2D eigenvalue weighted by Crippen LogP contribution is -1.95. The van der Waals surface area contributed by atoms with Gasteiger partial charge in [0.05, 0.1) is 13.7 Å². The molecule has 2 aromatic rings. The predicted octanol–water partition coefficient (Wildman–Crippen LogP) is 2.70. The molecule has 1 aromatic carbocycles. The van der Waals surface area contributed by atoms with Crippen molar-refractivity contribution in [2.75, 3.05) is 14.2 Å². The maximum atomic E-state index is 5.33. The smallest absolute Gasteiger partial charge is 0.129 e. The predicted molar refractivity (Wildman–Crippen MR) is 65.8 cm³/mol. The Morgan fingerprint density at radius 2 is 2.18 bits per heavy atom. The SMILES string of the molecule is COCc1ccc[c]c1-c1cnccc1OC. The lowest BCUT2D eigenvalue weighted by molar-refractivity contribution is 0.185. The van der Waals surface area contributed by atoms with Gasteiger partial charge in [0.1, 0.15) is 5.75 Å². The number of ether oxygens (including phenoxy) is 2. The Morgan fingerprint density at radius 3 is 2.94 bits per heavy atom. The fourth-order valence-corrected chi connectivity index (χ4v) is 1.75. The van der Waals surface area contributed by atoms with Crippen LogP contribution >= 0.6 is 0 Å². The minimum absolute atomic E-state index is 0.546. The Hall–Kier alpha value is -1.87. The molecule has 0 aliphatic rings. The first-order valence-electron chi connectivity index (χ1n) is 5.33. The number of hydrogen-bond donors (Lipinski definition) is 0. The summed E-state index contributed by atoms with van der Waals surface area (Å²) in [7, 11) is 3.33. The molecule has 87 valence electrons. The fraction of sp³-hybridized carbons (Fsp3) is 0.214. The molecule has 0 saturated carbocycles. The molecule has 0 fully saturated rings. The molecule has 0 aliphatic heterocycles. The number of rotatable bonds is 4. The molecule has 1 aromatic heterocycles. The zero-order chi connectivity index (χ0) is 12.1. The molecular weight excluding hydrogens is 214 g/mol. The second-order valence-corrected chi connectivity index (χ2v) is 3.58. The average molecular weight is 228 g/mol. The molecule has 2 rings (SSSR count). The minimum atomic E-state index is 0.546. The Labute approximate surface area is 101 Å². The molecular formula is C14H14NO2. The molecule has 17 heavy (non-hydrogen) atoms. The van der Waals surface area contributed by atoms with Gasteiger partial charge in [-0.2, -0.15) is 0 Å². The van der Waals surface area contributed by atoms with Gasteiger partial charge in [-0.3, -0.25) is 4.98 Å². The molecule has 0 spiro atoms. The van der Waals surface area contributed by atoms with Crippen LogP contribution in [-0.4, -0.2) is 19.2 Å². The fourth-order valence-electron chi connectivity index (χ4n) is 1.75. The summed E-state index contributed by atoms with van der Waals surface area (Å²) in [5, 5.41) is 0. The van der Waals surface area contributed by atoms with Gasteiger partial charge in [0.2, 0.25) is 0 Å². The average Bonchev–Trinajstić information content (AvgIpc) is 2.40. The molecule has 0 amide bonds. The topological polar surface area (TPSA) is 31.4 Å². The summed E-state index contributed by atoms with van der Waals surface area (Å²) >= 11 is 0. The van der Waals surface area contributed by atoms with E-state index >= 15 is 0 Å². The van der Waals surface area contributed by atoms with Gasteiger partial charge in [0.25, 0.3) is 0 Å². The molecule has 0 atom stereocenters. The van der Waals surface area contributed by atoms with Gasteiger partial charge in [-0.1, -0.05) is 18.2 Å². The van der Waals surface area contributed by atoms with Gasteiger partial charge >= 0.3 is 0 Å². The van der Waals surface area contributed by atoms with E-state index in [9.17, 15) is 0 Å². The van der Waals surface area contributed by atoms with E-state index in [1.54, 1.807) is 26.6 Å². The highest BCUT2D eigenvalue weighted by Gasteiger charge is 2.09. The van der Waals surface area contributed by atoms with Gasteiger partial charge in [0, 0.05) is 30.6 Å².